The van der Waals surface area contributed by atoms with E-state index >= 15 is 0 Å². The summed E-state index contributed by atoms with van der Waals surface area (Å²) in [6.45, 7) is 8.41. The van der Waals surface area contributed by atoms with Gasteiger partial charge in [0.15, 0.2) is 0 Å². The van der Waals surface area contributed by atoms with Crippen molar-refractivity contribution < 1.29 is 0 Å². The van der Waals surface area contributed by atoms with Crippen molar-refractivity contribution in [1.29, 1.82) is 0 Å². The first-order valence-electron chi connectivity index (χ1n) is 8.32. The zero-order valence-electron chi connectivity index (χ0n) is 12.5. The number of hydrogen-bond donors (Lipinski definition) is 1. The van der Waals surface area contributed by atoms with Gasteiger partial charge in [0, 0.05) is 18.6 Å². The van der Waals surface area contributed by atoms with Gasteiger partial charge in [-0.3, -0.25) is 4.90 Å². The molecule has 0 aromatic heterocycles. The predicted molar refractivity (Wildman–Crippen MR) is 78.9 cm³/mol. The first-order chi connectivity index (χ1) is 8.85. The summed E-state index contributed by atoms with van der Waals surface area (Å²) in [5.41, 5.74) is 0. The maximum atomic E-state index is 3.72. The standard InChI is InChI=1S/C16H32N2/c1-3-11-17-15(4-2)13-18-12-7-9-14-8-5-6-10-16(14)18/h14-17H,3-13H2,1-2H3/t14-,15?,16-/m1/s1. The van der Waals surface area contributed by atoms with Crippen molar-refractivity contribution in [2.24, 2.45) is 5.92 Å². The van der Waals surface area contributed by atoms with E-state index in [1.807, 2.05) is 0 Å². The van der Waals surface area contributed by atoms with Crippen molar-refractivity contribution in [1.82, 2.24) is 10.2 Å². The Morgan fingerprint density at radius 3 is 2.67 bits per heavy atom. The summed E-state index contributed by atoms with van der Waals surface area (Å²) in [4.78, 5) is 2.82. The molecule has 1 unspecified atom stereocenters. The molecule has 0 amide bonds. The van der Waals surface area contributed by atoms with Gasteiger partial charge in [-0.2, -0.15) is 0 Å². The molecular formula is C16H32N2. The summed E-state index contributed by atoms with van der Waals surface area (Å²) in [5, 5.41) is 3.72. The van der Waals surface area contributed by atoms with Crippen molar-refractivity contribution in [3.63, 3.8) is 0 Å². The van der Waals surface area contributed by atoms with E-state index in [1.165, 1.54) is 71.0 Å². The summed E-state index contributed by atoms with van der Waals surface area (Å²) >= 11 is 0. The van der Waals surface area contributed by atoms with Gasteiger partial charge in [0.2, 0.25) is 0 Å². The molecule has 3 atom stereocenters. The number of likely N-dealkylation sites (tertiary alicyclic amines) is 1. The van der Waals surface area contributed by atoms with Crippen molar-refractivity contribution in [2.45, 2.75) is 77.3 Å². The smallest absolute Gasteiger partial charge is 0.0192 e. The fourth-order valence-electron chi connectivity index (χ4n) is 3.92. The van der Waals surface area contributed by atoms with Crippen LogP contribution >= 0.6 is 0 Å². The van der Waals surface area contributed by atoms with E-state index in [-0.39, 0.29) is 0 Å². The van der Waals surface area contributed by atoms with Gasteiger partial charge in [-0.1, -0.05) is 26.7 Å². The quantitative estimate of drug-likeness (QED) is 0.779. The van der Waals surface area contributed by atoms with Crippen LogP contribution in [0.25, 0.3) is 0 Å². The maximum Gasteiger partial charge on any atom is 0.0192 e. The number of nitrogens with one attached hydrogen (secondary N) is 1. The highest BCUT2D eigenvalue weighted by Crippen LogP contribution is 2.35. The van der Waals surface area contributed by atoms with E-state index in [0.717, 1.165) is 12.0 Å². The molecule has 2 aliphatic rings. The van der Waals surface area contributed by atoms with Crippen LogP contribution in [0.15, 0.2) is 0 Å². The molecule has 1 aliphatic carbocycles. The normalized spacial score (nSPS) is 31.0. The van der Waals surface area contributed by atoms with Crippen molar-refractivity contribution in [3.05, 3.63) is 0 Å². The Hall–Kier alpha value is -0.0800. The van der Waals surface area contributed by atoms with E-state index < -0.39 is 0 Å². The Bertz CT molecular complexity index is 227. The lowest BCUT2D eigenvalue weighted by atomic mass is 9.78. The van der Waals surface area contributed by atoms with Crippen LogP contribution in [0.4, 0.5) is 0 Å². The summed E-state index contributed by atoms with van der Waals surface area (Å²) in [5.74, 6) is 1.02. The Morgan fingerprint density at radius 1 is 1.11 bits per heavy atom. The van der Waals surface area contributed by atoms with Crippen LogP contribution in [0, 0.1) is 5.92 Å². The minimum atomic E-state index is 0.714. The van der Waals surface area contributed by atoms with E-state index in [9.17, 15) is 0 Å². The lowest BCUT2D eigenvalue weighted by molar-refractivity contribution is 0.0526. The van der Waals surface area contributed by atoms with Crippen LogP contribution in [-0.2, 0) is 0 Å². The molecule has 2 nitrogen and oxygen atoms in total. The largest absolute Gasteiger partial charge is 0.313 e. The number of nitrogens with zero attached hydrogens (tertiary/aromatic N) is 1. The summed E-state index contributed by atoms with van der Waals surface area (Å²) < 4.78 is 0. The highest BCUT2D eigenvalue weighted by atomic mass is 15.2. The zero-order chi connectivity index (χ0) is 12.8. The molecule has 18 heavy (non-hydrogen) atoms. The van der Waals surface area contributed by atoms with Gasteiger partial charge >= 0.3 is 0 Å². The van der Waals surface area contributed by atoms with E-state index in [0.29, 0.717) is 6.04 Å². The molecule has 0 spiro atoms. The third kappa shape index (κ3) is 3.71. The molecule has 2 fully saturated rings. The van der Waals surface area contributed by atoms with Crippen molar-refractivity contribution >= 4 is 0 Å². The molecule has 0 aromatic rings. The fourth-order valence-corrected chi connectivity index (χ4v) is 3.92. The molecule has 1 heterocycles. The predicted octanol–water partition coefficient (Wildman–Crippen LogP) is 3.42. The number of hydrogen-bond acceptors (Lipinski definition) is 2. The maximum absolute atomic E-state index is 3.72. The number of rotatable bonds is 6. The highest BCUT2D eigenvalue weighted by molar-refractivity contribution is 4.88. The van der Waals surface area contributed by atoms with Gasteiger partial charge in [0.05, 0.1) is 0 Å². The summed E-state index contributed by atoms with van der Waals surface area (Å²) in [6, 6.07) is 1.63. The van der Waals surface area contributed by atoms with Crippen LogP contribution < -0.4 is 5.32 Å². The number of piperidine rings is 1. The molecule has 1 saturated heterocycles. The monoisotopic (exact) mass is 252 g/mol. The minimum Gasteiger partial charge on any atom is -0.313 e. The molecule has 0 aromatic carbocycles. The van der Waals surface area contributed by atoms with Gasteiger partial charge in [0.25, 0.3) is 0 Å². The SMILES string of the molecule is CCCNC(CC)CN1CCC[C@H]2CCCC[C@H]21. The Balaban J connectivity index is 1.85. The average Bonchev–Trinajstić information content (AvgIpc) is 2.43. The lowest BCUT2D eigenvalue weighted by Gasteiger charge is -2.45. The fraction of sp³-hybridized carbons (Fsp3) is 1.00. The van der Waals surface area contributed by atoms with Crippen LogP contribution in [0.3, 0.4) is 0 Å². The third-order valence-electron chi connectivity index (χ3n) is 4.99. The topological polar surface area (TPSA) is 15.3 Å². The first kappa shape index (κ1) is 14.3. The summed E-state index contributed by atoms with van der Waals surface area (Å²) in [6.07, 6.45) is 11.4. The van der Waals surface area contributed by atoms with Gasteiger partial charge in [-0.15, -0.1) is 0 Å². The molecule has 2 heteroatoms. The Labute approximate surface area is 114 Å². The number of fused-ring (bicyclic) bond motifs is 1. The minimum absolute atomic E-state index is 0.714. The highest BCUT2D eigenvalue weighted by Gasteiger charge is 2.33. The molecule has 1 N–H and O–H groups in total. The van der Waals surface area contributed by atoms with Crippen LogP contribution in [0.2, 0.25) is 0 Å². The Morgan fingerprint density at radius 2 is 1.89 bits per heavy atom. The third-order valence-corrected chi connectivity index (χ3v) is 4.99. The molecule has 0 radical (unpaired) electrons. The second-order valence-corrected chi connectivity index (χ2v) is 6.31. The van der Waals surface area contributed by atoms with Gasteiger partial charge in [-0.05, 0) is 57.5 Å². The molecule has 2 rings (SSSR count). The second kappa shape index (κ2) is 7.49. The van der Waals surface area contributed by atoms with Gasteiger partial charge in [-0.25, -0.2) is 0 Å². The van der Waals surface area contributed by atoms with Crippen LogP contribution in [-0.4, -0.2) is 36.6 Å². The lowest BCUT2D eigenvalue weighted by Crippen LogP contribution is -2.51. The van der Waals surface area contributed by atoms with Crippen molar-refractivity contribution in [2.75, 3.05) is 19.6 Å². The zero-order valence-corrected chi connectivity index (χ0v) is 12.5. The van der Waals surface area contributed by atoms with Crippen molar-refractivity contribution in [3.8, 4) is 0 Å². The van der Waals surface area contributed by atoms with E-state index in [1.54, 1.807) is 0 Å². The molecule has 106 valence electrons. The molecule has 1 saturated carbocycles. The van der Waals surface area contributed by atoms with Gasteiger partial charge in [0.1, 0.15) is 0 Å². The molecule has 1 aliphatic heterocycles. The molecular weight excluding hydrogens is 220 g/mol. The summed E-state index contributed by atoms with van der Waals surface area (Å²) in [7, 11) is 0. The first-order valence-corrected chi connectivity index (χ1v) is 8.32. The second-order valence-electron chi connectivity index (χ2n) is 6.31. The van der Waals surface area contributed by atoms with Crippen LogP contribution in [0.5, 0.6) is 0 Å². The van der Waals surface area contributed by atoms with Crippen LogP contribution in [0.1, 0.15) is 65.2 Å². The molecule has 0 bridgehead atoms. The Kier molecular flexibility index (Phi) is 5.97. The van der Waals surface area contributed by atoms with E-state index in [2.05, 4.69) is 24.1 Å². The van der Waals surface area contributed by atoms with Gasteiger partial charge < -0.3 is 5.32 Å². The van der Waals surface area contributed by atoms with E-state index in [4.69, 9.17) is 0 Å². The average molecular weight is 252 g/mol.